The molecular weight excluding hydrogens is 400 g/mol. The number of carbonyl (C=O) groups excluding carboxylic acids is 1. The van der Waals surface area contributed by atoms with E-state index in [1.807, 2.05) is 47.9 Å². The summed E-state index contributed by atoms with van der Waals surface area (Å²) in [7, 11) is -3.74. The molecule has 0 aliphatic heterocycles. The van der Waals surface area contributed by atoms with Crippen molar-refractivity contribution in [1.82, 2.24) is 14.9 Å². The molecule has 30 heavy (non-hydrogen) atoms. The highest BCUT2D eigenvalue weighted by Gasteiger charge is 2.14. The third-order valence-corrected chi connectivity index (χ3v) is 5.85. The Hall–Kier alpha value is -3.49. The van der Waals surface area contributed by atoms with Crippen LogP contribution in [-0.2, 0) is 10.0 Å². The van der Waals surface area contributed by atoms with Gasteiger partial charge in [0.25, 0.3) is 5.91 Å². The van der Waals surface area contributed by atoms with Crippen LogP contribution in [0.15, 0.2) is 84.0 Å². The number of nitrogens with two attached hydrogens (primary N) is 1. The van der Waals surface area contributed by atoms with Crippen LogP contribution >= 0.6 is 0 Å². The zero-order chi connectivity index (χ0) is 21.3. The van der Waals surface area contributed by atoms with Gasteiger partial charge in [0.15, 0.2) is 0 Å². The molecule has 0 radical (unpaired) electrons. The van der Waals surface area contributed by atoms with Crippen molar-refractivity contribution < 1.29 is 13.2 Å². The van der Waals surface area contributed by atoms with Crippen molar-refractivity contribution in [2.75, 3.05) is 0 Å². The number of carbonyl (C=O) groups is 1. The van der Waals surface area contributed by atoms with E-state index in [1.54, 1.807) is 30.6 Å². The van der Waals surface area contributed by atoms with Gasteiger partial charge in [0.05, 0.1) is 22.0 Å². The van der Waals surface area contributed by atoms with Crippen LogP contribution in [0.2, 0.25) is 0 Å². The Morgan fingerprint density at radius 3 is 2.33 bits per heavy atom. The van der Waals surface area contributed by atoms with Gasteiger partial charge in [0.1, 0.15) is 6.33 Å². The van der Waals surface area contributed by atoms with E-state index < -0.39 is 10.0 Å². The molecule has 7 nitrogen and oxygen atoms in total. The van der Waals surface area contributed by atoms with Gasteiger partial charge < -0.3 is 5.32 Å². The second-order valence-corrected chi connectivity index (χ2v) is 8.52. The molecule has 8 heteroatoms. The molecule has 1 unspecified atom stereocenters. The summed E-state index contributed by atoms with van der Waals surface area (Å²) in [6.07, 6.45) is 1.76. The van der Waals surface area contributed by atoms with Crippen LogP contribution < -0.4 is 10.5 Å². The number of primary sulfonamides is 1. The highest BCUT2D eigenvalue weighted by molar-refractivity contribution is 7.89. The molecule has 1 heterocycles. The normalized spacial score (nSPS) is 12.6. The molecule has 0 spiro atoms. The second kappa shape index (κ2) is 7.74. The van der Waals surface area contributed by atoms with Gasteiger partial charge in [0, 0.05) is 11.3 Å². The summed E-state index contributed by atoms with van der Waals surface area (Å²) in [4.78, 5) is 17.0. The van der Waals surface area contributed by atoms with Gasteiger partial charge in [-0.3, -0.25) is 9.36 Å². The van der Waals surface area contributed by atoms with Crippen LogP contribution in [0.25, 0.3) is 16.7 Å². The SMILES string of the molecule is CC(NC(=O)c1ccc(-n2cnc3ccccc32)cc1)c1ccc(S(N)(=O)=O)cc1. The second-order valence-electron chi connectivity index (χ2n) is 6.96. The summed E-state index contributed by atoms with van der Waals surface area (Å²) in [6.45, 7) is 1.83. The lowest BCUT2D eigenvalue weighted by atomic mass is 10.1. The van der Waals surface area contributed by atoms with Crippen LogP contribution in [0.3, 0.4) is 0 Å². The third-order valence-electron chi connectivity index (χ3n) is 4.92. The predicted octanol–water partition coefficient (Wildman–Crippen LogP) is 3.16. The number of sulfonamides is 1. The van der Waals surface area contributed by atoms with Crippen molar-refractivity contribution in [2.24, 2.45) is 5.14 Å². The van der Waals surface area contributed by atoms with E-state index >= 15 is 0 Å². The van der Waals surface area contributed by atoms with E-state index in [4.69, 9.17) is 5.14 Å². The Bertz CT molecular complexity index is 1310. The maximum atomic E-state index is 12.6. The molecule has 0 saturated carbocycles. The van der Waals surface area contributed by atoms with Gasteiger partial charge in [-0.15, -0.1) is 0 Å². The van der Waals surface area contributed by atoms with Crippen molar-refractivity contribution in [1.29, 1.82) is 0 Å². The minimum absolute atomic E-state index is 0.0346. The number of benzene rings is 3. The van der Waals surface area contributed by atoms with E-state index in [1.165, 1.54) is 12.1 Å². The number of hydrogen-bond donors (Lipinski definition) is 2. The molecule has 152 valence electrons. The van der Waals surface area contributed by atoms with Crippen molar-refractivity contribution in [3.63, 3.8) is 0 Å². The fourth-order valence-electron chi connectivity index (χ4n) is 3.25. The average Bonchev–Trinajstić information content (AvgIpc) is 3.17. The van der Waals surface area contributed by atoms with E-state index in [9.17, 15) is 13.2 Å². The molecule has 3 aromatic carbocycles. The number of hydrogen-bond acceptors (Lipinski definition) is 4. The number of fused-ring (bicyclic) bond motifs is 1. The minimum Gasteiger partial charge on any atom is -0.346 e. The van der Waals surface area contributed by atoms with Crippen LogP contribution in [0.5, 0.6) is 0 Å². The van der Waals surface area contributed by atoms with Crippen LogP contribution in [0, 0.1) is 0 Å². The summed E-state index contributed by atoms with van der Waals surface area (Å²) < 4.78 is 24.7. The number of nitrogens with zero attached hydrogens (tertiary/aromatic N) is 2. The van der Waals surface area contributed by atoms with Gasteiger partial charge in [-0.1, -0.05) is 24.3 Å². The molecule has 0 aliphatic carbocycles. The van der Waals surface area contributed by atoms with E-state index in [0.29, 0.717) is 5.56 Å². The fraction of sp³-hybridized carbons (Fsp3) is 0.0909. The molecule has 0 bridgehead atoms. The molecule has 1 atom stereocenters. The van der Waals surface area contributed by atoms with Crippen molar-refractivity contribution in [3.8, 4) is 5.69 Å². The highest BCUT2D eigenvalue weighted by Crippen LogP contribution is 2.19. The zero-order valence-corrected chi connectivity index (χ0v) is 17.0. The first kappa shape index (κ1) is 19.8. The maximum absolute atomic E-state index is 12.6. The molecule has 0 aliphatic rings. The first-order valence-electron chi connectivity index (χ1n) is 9.29. The van der Waals surface area contributed by atoms with Gasteiger partial charge >= 0.3 is 0 Å². The first-order chi connectivity index (χ1) is 14.3. The highest BCUT2D eigenvalue weighted by atomic mass is 32.2. The average molecular weight is 420 g/mol. The lowest BCUT2D eigenvalue weighted by molar-refractivity contribution is 0.0940. The Labute approximate surface area is 174 Å². The topological polar surface area (TPSA) is 107 Å². The smallest absolute Gasteiger partial charge is 0.251 e. The quantitative estimate of drug-likeness (QED) is 0.517. The predicted molar refractivity (Wildman–Crippen MR) is 115 cm³/mol. The zero-order valence-electron chi connectivity index (χ0n) is 16.2. The summed E-state index contributed by atoms with van der Waals surface area (Å²) >= 11 is 0. The minimum atomic E-state index is -3.74. The van der Waals surface area contributed by atoms with Crippen LogP contribution in [0.4, 0.5) is 0 Å². The Kier molecular flexibility index (Phi) is 5.11. The van der Waals surface area contributed by atoms with Gasteiger partial charge in [-0.05, 0) is 61.0 Å². The number of rotatable bonds is 5. The standard InChI is InChI=1S/C22H20N4O3S/c1-15(16-8-12-19(13-9-16)30(23,28)29)25-22(27)17-6-10-18(11-7-17)26-14-24-20-4-2-3-5-21(20)26/h2-15H,1H3,(H,25,27)(H2,23,28,29). The third kappa shape index (κ3) is 3.96. The molecule has 4 rings (SSSR count). The first-order valence-corrected chi connectivity index (χ1v) is 10.8. The van der Waals surface area contributed by atoms with Crippen molar-refractivity contribution in [2.45, 2.75) is 17.9 Å². The van der Waals surface area contributed by atoms with Crippen molar-refractivity contribution in [3.05, 3.63) is 90.3 Å². The largest absolute Gasteiger partial charge is 0.346 e. The Balaban J connectivity index is 1.48. The molecule has 1 aromatic heterocycles. The monoisotopic (exact) mass is 420 g/mol. The van der Waals surface area contributed by atoms with E-state index in [-0.39, 0.29) is 16.8 Å². The molecule has 3 N–H and O–H groups in total. The molecule has 4 aromatic rings. The summed E-state index contributed by atoms with van der Waals surface area (Å²) in [5.74, 6) is -0.222. The molecule has 0 saturated heterocycles. The van der Waals surface area contributed by atoms with Crippen LogP contribution in [0.1, 0.15) is 28.9 Å². The molecule has 0 fully saturated rings. The fourth-order valence-corrected chi connectivity index (χ4v) is 3.76. The lowest BCUT2D eigenvalue weighted by Gasteiger charge is -2.15. The number of nitrogens with one attached hydrogen (secondary N) is 1. The number of amides is 1. The van der Waals surface area contributed by atoms with Crippen molar-refractivity contribution >= 4 is 27.0 Å². The summed E-state index contributed by atoms with van der Waals surface area (Å²) in [5.41, 5.74) is 4.10. The van der Waals surface area contributed by atoms with Gasteiger partial charge in [0.2, 0.25) is 10.0 Å². The Morgan fingerprint density at radius 1 is 1.00 bits per heavy atom. The van der Waals surface area contributed by atoms with Gasteiger partial charge in [-0.2, -0.15) is 0 Å². The maximum Gasteiger partial charge on any atom is 0.251 e. The molecule has 1 amide bonds. The number of aromatic nitrogens is 2. The lowest BCUT2D eigenvalue weighted by Crippen LogP contribution is -2.26. The number of imidazole rings is 1. The summed E-state index contributed by atoms with van der Waals surface area (Å²) in [6, 6.07) is 20.9. The van der Waals surface area contributed by atoms with E-state index in [2.05, 4.69) is 10.3 Å². The molecular formula is C22H20N4O3S. The Morgan fingerprint density at radius 2 is 1.67 bits per heavy atom. The van der Waals surface area contributed by atoms with E-state index in [0.717, 1.165) is 22.3 Å². The summed E-state index contributed by atoms with van der Waals surface area (Å²) in [5, 5.41) is 8.03. The van der Waals surface area contributed by atoms with Gasteiger partial charge in [-0.25, -0.2) is 18.5 Å². The van der Waals surface area contributed by atoms with Crippen LogP contribution in [-0.4, -0.2) is 23.9 Å². The number of para-hydroxylation sites is 2.